The van der Waals surface area contributed by atoms with Crippen LogP contribution in [0.15, 0.2) is 42.5 Å². The Hall–Kier alpha value is -2.11. The van der Waals surface area contributed by atoms with Crippen molar-refractivity contribution in [3.05, 3.63) is 64.4 Å². The fourth-order valence-electron chi connectivity index (χ4n) is 1.94. The van der Waals surface area contributed by atoms with Crippen LogP contribution in [0.4, 0.5) is 4.39 Å². The van der Waals surface area contributed by atoms with Gasteiger partial charge in [-0.2, -0.15) is 0 Å². The average molecular weight is 324 g/mol. The molecular formula is C16H15ClFNO3. The molecule has 1 amide bonds. The number of hydrogen-bond donors (Lipinski definition) is 2. The molecule has 0 fully saturated rings. The summed E-state index contributed by atoms with van der Waals surface area (Å²) < 4.78 is 18.6. The minimum atomic E-state index is -0.916. The van der Waals surface area contributed by atoms with Gasteiger partial charge in [-0.3, -0.25) is 4.79 Å². The lowest BCUT2D eigenvalue weighted by Gasteiger charge is -2.13. The number of aliphatic hydroxyl groups is 1. The minimum absolute atomic E-state index is 0.0245. The van der Waals surface area contributed by atoms with Crippen LogP contribution in [-0.2, 0) is 0 Å². The normalized spacial score (nSPS) is 11.8. The summed E-state index contributed by atoms with van der Waals surface area (Å²) in [7, 11) is 1.55. The zero-order valence-corrected chi connectivity index (χ0v) is 12.6. The Bertz CT molecular complexity index is 641. The van der Waals surface area contributed by atoms with E-state index in [-0.39, 0.29) is 17.1 Å². The second kappa shape index (κ2) is 7.24. The highest BCUT2D eigenvalue weighted by atomic mass is 35.5. The molecule has 0 bridgehead atoms. The lowest BCUT2D eigenvalue weighted by Crippen LogP contribution is -2.29. The third-order valence-electron chi connectivity index (χ3n) is 3.15. The van der Waals surface area contributed by atoms with Crippen LogP contribution >= 0.6 is 11.6 Å². The van der Waals surface area contributed by atoms with Crippen molar-refractivity contribution in [1.29, 1.82) is 0 Å². The van der Waals surface area contributed by atoms with Crippen LogP contribution in [-0.4, -0.2) is 24.7 Å². The second-order valence-electron chi connectivity index (χ2n) is 4.60. The lowest BCUT2D eigenvalue weighted by atomic mass is 10.1. The van der Waals surface area contributed by atoms with Crippen LogP contribution in [0.1, 0.15) is 22.0 Å². The lowest BCUT2D eigenvalue weighted by molar-refractivity contribution is 0.0912. The number of benzene rings is 2. The highest BCUT2D eigenvalue weighted by Gasteiger charge is 2.17. The molecule has 22 heavy (non-hydrogen) atoms. The molecular weight excluding hydrogens is 309 g/mol. The second-order valence-corrected chi connectivity index (χ2v) is 5.00. The smallest absolute Gasteiger partial charge is 0.255 e. The summed E-state index contributed by atoms with van der Waals surface area (Å²) in [6, 6.07) is 10.8. The van der Waals surface area contributed by atoms with Crippen LogP contribution in [0.25, 0.3) is 0 Å². The van der Waals surface area contributed by atoms with Crippen molar-refractivity contribution < 1.29 is 19.0 Å². The van der Waals surface area contributed by atoms with Crippen molar-refractivity contribution in [3.63, 3.8) is 0 Å². The molecule has 0 saturated carbocycles. The number of hydrogen-bond acceptors (Lipinski definition) is 3. The van der Waals surface area contributed by atoms with E-state index in [1.165, 1.54) is 12.1 Å². The van der Waals surface area contributed by atoms with E-state index in [9.17, 15) is 14.3 Å². The van der Waals surface area contributed by atoms with Gasteiger partial charge >= 0.3 is 0 Å². The highest BCUT2D eigenvalue weighted by molar-refractivity contribution is 6.33. The number of ether oxygens (including phenoxy) is 1. The first kappa shape index (κ1) is 16.3. The Morgan fingerprint density at radius 1 is 1.32 bits per heavy atom. The SMILES string of the molecule is COc1ccc(C(O)CNC(=O)c2c(F)cccc2Cl)cc1. The summed E-state index contributed by atoms with van der Waals surface area (Å²) in [5, 5.41) is 12.5. The van der Waals surface area contributed by atoms with E-state index in [4.69, 9.17) is 16.3 Å². The Labute approximate surface area is 132 Å². The van der Waals surface area contributed by atoms with Crippen molar-refractivity contribution in [2.75, 3.05) is 13.7 Å². The number of amides is 1. The molecule has 2 N–H and O–H groups in total. The van der Waals surface area contributed by atoms with Crippen molar-refractivity contribution in [3.8, 4) is 5.75 Å². The van der Waals surface area contributed by atoms with Crippen molar-refractivity contribution in [2.24, 2.45) is 0 Å². The number of rotatable bonds is 5. The van der Waals surface area contributed by atoms with Gasteiger partial charge < -0.3 is 15.2 Å². The zero-order valence-electron chi connectivity index (χ0n) is 11.8. The third-order valence-corrected chi connectivity index (χ3v) is 3.46. The van der Waals surface area contributed by atoms with E-state index in [0.29, 0.717) is 11.3 Å². The third kappa shape index (κ3) is 3.75. The average Bonchev–Trinajstić information content (AvgIpc) is 2.52. The maximum Gasteiger partial charge on any atom is 0.255 e. The molecule has 0 radical (unpaired) electrons. The Morgan fingerprint density at radius 2 is 2.00 bits per heavy atom. The van der Waals surface area contributed by atoms with Crippen LogP contribution in [0, 0.1) is 5.82 Å². The predicted octanol–water partition coefficient (Wildman–Crippen LogP) is 2.95. The Kier molecular flexibility index (Phi) is 5.35. The molecule has 6 heteroatoms. The highest BCUT2D eigenvalue weighted by Crippen LogP contribution is 2.20. The van der Waals surface area contributed by atoms with Gasteiger partial charge in [-0.25, -0.2) is 4.39 Å². The Morgan fingerprint density at radius 3 is 2.59 bits per heavy atom. The van der Waals surface area contributed by atoms with Crippen molar-refractivity contribution in [1.82, 2.24) is 5.32 Å². The van der Waals surface area contributed by atoms with Gasteiger partial charge in [0, 0.05) is 6.54 Å². The molecule has 0 aromatic heterocycles. The molecule has 1 atom stereocenters. The first-order valence-corrected chi connectivity index (χ1v) is 6.95. The molecule has 116 valence electrons. The summed E-state index contributed by atoms with van der Waals surface area (Å²) in [4.78, 5) is 12.0. The fourth-order valence-corrected chi connectivity index (χ4v) is 2.19. The molecule has 0 aliphatic rings. The summed E-state index contributed by atoms with van der Waals surface area (Å²) >= 11 is 5.81. The first-order chi connectivity index (χ1) is 10.5. The molecule has 2 rings (SSSR count). The summed E-state index contributed by atoms with van der Waals surface area (Å²) in [5.74, 6) is -0.710. The van der Waals surface area contributed by atoms with Crippen LogP contribution in [0.5, 0.6) is 5.75 Å². The molecule has 2 aromatic rings. The van der Waals surface area contributed by atoms with Crippen LogP contribution in [0.3, 0.4) is 0 Å². The molecule has 4 nitrogen and oxygen atoms in total. The maximum atomic E-state index is 13.6. The number of methoxy groups -OCH3 is 1. The molecule has 0 spiro atoms. The molecule has 0 saturated heterocycles. The monoisotopic (exact) mass is 323 g/mol. The van der Waals surface area contributed by atoms with Crippen LogP contribution in [0.2, 0.25) is 5.02 Å². The van der Waals surface area contributed by atoms with Gasteiger partial charge in [0.2, 0.25) is 0 Å². The quantitative estimate of drug-likeness (QED) is 0.889. The number of nitrogens with one attached hydrogen (secondary N) is 1. The van der Waals surface area contributed by atoms with Gasteiger partial charge in [-0.15, -0.1) is 0 Å². The van der Waals surface area contributed by atoms with E-state index >= 15 is 0 Å². The predicted molar refractivity (Wildman–Crippen MR) is 81.7 cm³/mol. The number of aliphatic hydroxyl groups excluding tert-OH is 1. The standard InChI is InChI=1S/C16H15ClFNO3/c1-22-11-7-5-10(6-8-11)14(20)9-19-16(21)15-12(17)3-2-4-13(15)18/h2-8,14,20H,9H2,1H3,(H,19,21). The Balaban J connectivity index is 2.01. The largest absolute Gasteiger partial charge is 0.497 e. The molecule has 0 aliphatic carbocycles. The first-order valence-electron chi connectivity index (χ1n) is 6.57. The molecule has 0 aliphatic heterocycles. The van der Waals surface area contributed by atoms with Gasteiger partial charge in [-0.05, 0) is 29.8 Å². The zero-order chi connectivity index (χ0) is 16.1. The summed E-state index contributed by atoms with van der Waals surface area (Å²) in [6.45, 7) is -0.0597. The summed E-state index contributed by atoms with van der Waals surface area (Å²) in [6.07, 6.45) is -0.916. The van der Waals surface area contributed by atoms with Crippen LogP contribution < -0.4 is 10.1 Å². The van der Waals surface area contributed by atoms with E-state index in [0.717, 1.165) is 6.07 Å². The van der Waals surface area contributed by atoms with Gasteiger partial charge in [0.1, 0.15) is 11.6 Å². The van der Waals surface area contributed by atoms with E-state index in [1.807, 2.05) is 0 Å². The molecule has 1 unspecified atom stereocenters. The fraction of sp³-hybridized carbons (Fsp3) is 0.188. The number of carbonyl (C=O) groups is 1. The van der Waals surface area contributed by atoms with Gasteiger partial charge in [-0.1, -0.05) is 29.8 Å². The van der Waals surface area contributed by atoms with E-state index < -0.39 is 17.8 Å². The molecule has 2 aromatic carbocycles. The molecule has 0 heterocycles. The van der Waals surface area contributed by atoms with E-state index in [1.54, 1.807) is 31.4 Å². The minimum Gasteiger partial charge on any atom is -0.497 e. The van der Waals surface area contributed by atoms with Gasteiger partial charge in [0.15, 0.2) is 0 Å². The van der Waals surface area contributed by atoms with Crippen molar-refractivity contribution >= 4 is 17.5 Å². The topological polar surface area (TPSA) is 58.6 Å². The summed E-state index contributed by atoms with van der Waals surface area (Å²) in [5.41, 5.74) is 0.381. The van der Waals surface area contributed by atoms with Crippen molar-refractivity contribution in [2.45, 2.75) is 6.10 Å². The van der Waals surface area contributed by atoms with E-state index in [2.05, 4.69) is 5.32 Å². The van der Waals surface area contributed by atoms with Gasteiger partial charge in [0.05, 0.1) is 23.8 Å². The van der Waals surface area contributed by atoms with Gasteiger partial charge in [0.25, 0.3) is 5.91 Å². The maximum absolute atomic E-state index is 13.6. The number of halogens is 2. The number of carbonyl (C=O) groups excluding carboxylic acids is 1.